The van der Waals surface area contributed by atoms with Gasteiger partial charge in [-0.15, -0.1) is 0 Å². The molecule has 4 atom stereocenters. The van der Waals surface area contributed by atoms with Crippen molar-refractivity contribution in [3.8, 4) is 0 Å². The first-order valence-corrected chi connectivity index (χ1v) is 9.84. The maximum Gasteiger partial charge on any atom is 0.223 e. The van der Waals surface area contributed by atoms with Crippen molar-refractivity contribution in [1.29, 1.82) is 0 Å². The van der Waals surface area contributed by atoms with E-state index >= 15 is 0 Å². The molecule has 1 aliphatic rings. The average Bonchev–Trinajstić information content (AvgIpc) is 2.56. The molecule has 5 nitrogen and oxygen atoms in total. The van der Waals surface area contributed by atoms with Gasteiger partial charge >= 0.3 is 0 Å². The minimum Gasteiger partial charge on any atom is -0.393 e. The van der Waals surface area contributed by atoms with Gasteiger partial charge in [-0.2, -0.15) is 0 Å². The van der Waals surface area contributed by atoms with Crippen molar-refractivity contribution in [3.63, 3.8) is 0 Å². The lowest BCUT2D eigenvalue weighted by Crippen LogP contribution is -2.47. The van der Waals surface area contributed by atoms with Crippen molar-refractivity contribution in [2.75, 3.05) is 0 Å². The number of carbonyl (C=O) groups excluding carboxylic acids is 2. The second-order valence-electron chi connectivity index (χ2n) is 9.36. The smallest absolute Gasteiger partial charge is 0.223 e. The Kier molecular flexibility index (Phi) is 6.68. The Morgan fingerprint density at radius 2 is 1.78 bits per heavy atom. The first-order chi connectivity index (χ1) is 12.5. The normalized spacial score (nSPS) is 26.9. The molecule has 0 radical (unpaired) electrons. The summed E-state index contributed by atoms with van der Waals surface area (Å²) >= 11 is 0. The fourth-order valence-corrected chi connectivity index (χ4v) is 4.96. The van der Waals surface area contributed by atoms with Crippen LogP contribution in [0.15, 0.2) is 30.3 Å². The van der Waals surface area contributed by atoms with E-state index in [1.54, 1.807) is 0 Å². The summed E-state index contributed by atoms with van der Waals surface area (Å²) in [5.74, 6) is -1.22. The Hall–Kier alpha value is -1.88. The molecular formula is C22H34N2O3. The van der Waals surface area contributed by atoms with Crippen LogP contribution in [0.2, 0.25) is 0 Å². The topological polar surface area (TPSA) is 106 Å². The molecule has 1 saturated carbocycles. The molecule has 1 aromatic rings. The van der Waals surface area contributed by atoms with Crippen LogP contribution in [-0.2, 0) is 16.0 Å². The van der Waals surface area contributed by atoms with Crippen LogP contribution in [0, 0.1) is 22.7 Å². The zero-order chi connectivity index (χ0) is 20.2. The number of aryl methyl sites for hydroxylation is 1. The van der Waals surface area contributed by atoms with E-state index in [0.717, 1.165) is 18.4 Å². The molecular weight excluding hydrogens is 340 g/mol. The Labute approximate surface area is 162 Å². The molecule has 0 aromatic heterocycles. The van der Waals surface area contributed by atoms with Gasteiger partial charge in [0.2, 0.25) is 11.8 Å². The van der Waals surface area contributed by atoms with Crippen LogP contribution in [0.5, 0.6) is 0 Å². The summed E-state index contributed by atoms with van der Waals surface area (Å²) in [6, 6.07) is 9.97. The monoisotopic (exact) mass is 374 g/mol. The summed E-state index contributed by atoms with van der Waals surface area (Å²) in [6.07, 6.45) is 3.11. The van der Waals surface area contributed by atoms with Gasteiger partial charge in [-0.05, 0) is 55.4 Å². The van der Waals surface area contributed by atoms with Crippen LogP contribution in [-0.4, -0.2) is 23.0 Å². The first kappa shape index (κ1) is 21.4. The number of benzene rings is 1. The lowest BCUT2D eigenvalue weighted by Gasteiger charge is -2.47. The van der Waals surface area contributed by atoms with Crippen molar-refractivity contribution in [2.45, 2.75) is 65.4 Å². The van der Waals surface area contributed by atoms with Crippen molar-refractivity contribution >= 4 is 11.8 Å². The highest BCUT2D eigenvalue weighted by Gasteiger charge is 2.47. The Balaban J connectivity index is 2.06. The molecule has 27 heavy (non-hydrogen) atoms. The summed E-state index contributed by atoms with van der Waals surface area (Å²) in [5.41, 5.74) is 11.8. The average molecular weight is 375 g/mol. The third-order valence-electron chi connectivity index (χ3n) is 6.06. The number of aliphatic hydroxyl groups excluding tert-OH is 1. The summed E-state index contributed by atoms with van der Waals surface area (Å²) in [7, 11) is 0. The number of hydrogen-bond acceptors (Lipinski definition) is 3. The summed E-state index contributed by atoms with van der Waals surface area (Å²) in [5, 5.41) is 10.5. The lowest BCUT2D eigenvalue weighted by atomic mass is 9.57. The maximum absolute atomic E-state index is 12.2. The van der Waals surface area contributed by atoms with Gasteiger partial charge in [-0.25, -0.2) is 0 Å². The van der Waals surface area contributed by atoms with Gasteiger partial charge in [0.05, 0.1) is 6.10 Å². The molecule has 1 unspecified atom stereocenters. The maximum atomic E-state index is 12.2. The van der Waals surface area contributed by atoms with Crippen LogP contribution >= 0.6 is 0 Å². The summed E-state index contributed by atoms with van der Waals surface area (Å²) in [6.45, 7) is 6.08. The van der Waals surface area contributed by atoms with Crippen LogP contribution < -0.4 is 11.5 Å². The number of aliphatic hydroxyl groups is 1. The minimum absolute atomic E-state index is 0.0462. The molecule has 5 heteroatoms. The fraction of sp³-hybridized carbons (Fsp3) is 0.636. The lowest BCUT2D eigenvalue weighted by molar-refractivity contribution is -0.136. The molecule has 2 rings (SSSR count). The SMILES string of the molecule is CC1(C)C[C@H]([C@H](C[C@@H](O)CCc2ccccc2)C(N)=O)CC(C)(C(N)=O)C1. The first-order valence-electron chi connectivity index (χ1n) is 9.84. The van der Waals surface area contributed by atoms with Gasteiger partial charge in [-0.3, -0.25) is 9.59 Å². The van der Waals surface area contributed by atoms with Gasteiger partial charge in [0.1, 0.15) is 0 Å². The van der Waals surface area contributed by atoms with Gasteiger partial charge in [0.25, 0.3) is 0 Å². The predicted octanol–water partition coefficient (Wildman–Crippen LogP) is 2.79. The van der Waals surface area contributed by atoms with E-state index in [-0.39, 0.29) is 17.2 Å². The molecule has 0 saturated heterocycles. The molecule has 0 spiro atoms. The van der Waals surface area contributed by atoms with E-state index in [2.05, 4.69) is 13.8 Å². The molecule has 0 aliphatic heterocycles. The molecule has 1 aliphatic carbocycles. The number of carbonyl (C=O) groups is 2. The molecule has 0 bridgehead atoms. The molecule has 2 amide bonds. The Morgan fingerprint density at radius 3 is 2.33 bits per heavy atom. The molecule has 0 heterocycles. The third kappa shape index (κ3) is 5.80. The van der Waals surface area contributed by atoms with Gasteiger partial charge < -0.3 is 16.6 Å². The van der Waals surface area contributed by atoms with Crippen LogP contribution in [0.4, 0.5) is 0 Å². The predicted molar refractivity (Wildman–Crippen MR) is 106 cm³/mol. The van der Waals surface area contributed by atoms with Crippen LogP contribution in [0.3, 0.4) is 0 Å². The van der Waals surface area contributed by atoms with Crippen molar-refractivity contribution in [2.24, 2.45) is 34.1 Å². The highest BCUT2D eigenvalue weighted by atomic mass is 16.3. The van der Waals surface area contributed by atoms with E-state index in [1.165, 1.54) is 0 Å². The second-order valence-corrected chi connectivity index (χ2v) is 9.36. The largest absolute Gasteiger partial charge is 0.393 e. The van der Waals surface area contributed by atoms with E-state index in [9.17, 15) is 14.7 Å². The van der Waals surface area contributed by atoms with Crippen molar-refractivity contribution in [3.05, 3.63) is 35.9 Å². The number of rotatable bonds is 8. The molecule has 5 N–H and O–H groups in total. The zero-order valence-corrected chi connectivity index (χ0v) is 16.8. The van der Waals surface area contributed by atoms with E-state index < -0.39 is 23.3 Å². The van der Waals surface area contributed by atoms with Gasteiger partial charge in [0.15, 0.2) is 0 Å². The van der Waals surface area contributed by atoms with Crippen LogP contribution in [0.25, 0.3) is 0 Å². The quantitative estimate of drug-likeness (QED) is 0.651. The third-order valence-corrected chi connectivity index (χ3v) is 6.06. The highest BCUT2D eigenvalue weighted by Crippen LogP contribution is 2.51. The van der Waals surface area contributed by atoms with Gasteiger partial charge in [-0.1, -0.05) is 51.1 Å². The number of hydrogen-bond donors (Lipinski definition) is 3. The minimum atomic E-state index is -0.644. The number of primary amides is 2. The van der Waals surface area contributed by atoms with Gasteiger partial charge in [0, 0.05) is 11.3 Å². The second kappa shape index (κ2) is 8.42. The summed E-state index contributed by atoms with van der Waals surface area (Å²) < 4.78 is 0. The highest BCUT2D eigenvalue weighted by molar-refractivity contribution is 5.81. The van der Waals surface area contributed by atoms with Crippen molar-refractivity contribution in [1.82, 2.24) is 0 Å². The Bertz CT molecular complexity index is 659. The zero-order valence-electron chi connectivity index (χ0n) is 16.8. The molecule has 1 aromatic carbocycles. The Morgan fingerprint density at radius 1 is 1.15 bits per heavy atom. The summed E-state index contributed by atoms with van der Waals surface area (Å²) in [4.78, 5) is 24.2. The fourth-order valence-electron chi connectivity index (χ4n) is 4.96. The van der Waals surface area contributed by atoms with Crippen molar-refractivity contribution < 1.29 is 14.7 Å². The van der Waals surface area contributed by atoms with Crippen LogP contribution in [0.1, 0.15) is 58.4 Å². The molecule has 150 valence electrons. The molecule has 1 fully saturated rings. The number of nitrogens with two attached hydrogens (primary N) is 2. The van der Waals surface area contributed by atoms with E-state index in [1.807, 2.05) is 37.3 Å². The van der Waals surface area contributed by atoms with E-state index in [0.29, 0.717) is 25.7 Å². The van der Waals surface area contributed by atoms with E-state index in [4.69, 9.17) is 11.5 Å². The standard InChI is InChI=1S/C22H34N2O3/c1-21(2)12-16(13-22(3,14-21)20(24)27)18(19(23)26)11-17(25)10-9-15-7-5-4-6-8-15/h4-8,16-18,25H,9-14H2,1-3H3,(H2,23,26)(H2,24,27)/t16-,17-,18-,22?/m0/s1. The number of amides is 2.